The summed E-state index contributed by atoms with van der Waals surface area (Å²) < 4.78 is 25.4. The standard InChI is InChI=1S/2C10H15N.2C9H12FN.2C9H14N2.3C9H13N.4C8H12N2/c1-8(2)7-10-5-4-6-11-9(10)3;1-8(2)7-10-6-4-5-9(3)11-10;1-7(2)3-8-4-9(10)6-11-5-8;1-7(2)6-9-8(10)4-3-5-11-9;1-7(2)4-9-6-10-8(3)5-11-9;1-7(2)4-9-6-10-5-8(3)11-9;1-8(2)7-9-3-5-10-6-4-9;1-8(2)6-9-4-3-5-10-7-9;1-8(2)7-9-5-3-4-6-10-9;1-7(2)5-8-6-9-3-4-10-8;1-7(2)5-8-3-4-9-6-10-8;1-7(2)6-8-9-4-3-5-10-8;1-7(2)6-8-4-3-5-9-10-8/h2*4-6,8H,7H2,1-3H3;4-7H,3H2,1-2H3;3-5,7H,6H2,1-2H3;2*5-7H,4H2,1-3H3;3-6,8H,7H2,1-2H3;3-5,7-8H,6H2,1-2H3;3-6,8H,7H2,1-2H3;2*3-4,6-7H,5H2,1-2H3;2*3-5,7H,6H2,1-2H3. The normalized spacial score (nSPS) is 10.4. The van der Waals surface area contributed by atoms with Gasteiger partial charge in [0.05, 0.1) is 46.1 Å². The summed E-state index contributed by atoms with van der Waals surface area (Å²) in [5.41, 5.74) is 17.8. The molecular formula is C115H169F2N19. The van der Waals surface area contributed by atoms with Crippen molar-refractivity contribution in [1.82, 2.24) is 94.9 Å². The molecular weight excluding hydrogens is 1690 g/mol. The van der Waals surface area contributed by atoms with Crippen LogP contribution in [0.25, 0.3) is 0 Å². The van der Waals surface area contributed by atoms with E-state index in [1.54, 1.807) is 68.2 Å². The van der Waals surface area contributed by atoms with Crippen molar-refractivity contribution in [2.45, 2.75) is 291 Å². The fourth-order valence-corrected chi connectivity index (χ4v) is 12.6. The van der Waals surface area contributed by atoms with E-state index in [9.17, 15) is 8.78 Å². The lowest BCUT2D eigenvalue weighted by atomic mass is 10.0. The van der Waals surface area contributed by atoms with E-state index in [4.69, 9.17) is 0 Å². The van der Waals surface area contributed by atoms with Crippen LogP contribution in [0.5, 0.6) is 0 Å². The number of aryl methyl sites for hydroxylation is 4. The largest absolute Gasteiger partial charge is 0.265 e. The summed E-state index contributed by atoms with van der Waals surface area (Å²) in [6, 6.07) is 37.0. The minimum Gasteiger partial charge on any atom is -0.265 e. The van der Waals surface area contributed by atoms with Gasteiger partial charge in [-0.1, -0.05) is 204 Å². The Morgan fingerprint density at radius 3 is 1.20 bits per heavy atom. The maximum absolute atomic E-state index is 12.9. The van der Waals surface area contributed by atoms with Gasteiger partial charge in [-0.05, 0) is 295 Å². The van der Waals surface area contributed by atoms with E-state index in [0.29, 0.717) is 71.3 Å². The molecule has 13 rings (SSSR count). The Bertz CT molecular complexity index is 4340. The monoisotopic (exact) mass is 1850 g/mol. The maximum Gasteiger partial charge on any atom is 0.144 e. The van der Waals surface area contributed by atoms with Crippen LogP contribution in [0.1, 0.15) is 276 Å². The van der Waals surface area contributed by atoms with Crippen molar-refractivity contribution in [1.29, 1.82) is 0 Å². The Balaban J connectivity index is 0.000000737. The van der Waals surface area contributed by atoms with Gasteiger partial charge in [0.2, 0.25) is 0 Å². The van der Waals surface area contributed by atoms with Crippen molar-refractivity contribution >= 4 is 0 Å². The van der Waals surface area contributed by atoms with E-state index in [1.807, 2.05) is 151 Å². The molecule has 13 heterocycles. The first-order valence-corrected chi connectivity index (χ1v) is 48.9. The molecule has 0 unspecified atom stereocenters. The quantitative estimate of drug-likeness (QED) is 0.0489. The zero-order chi connectivity index (χ0) is 101. The van der Waals surface area contributed by atoms with E-state index < -0.39 is 0 Å². The van der Waals surface area contributed by atoms with E-state index >= 15 is 0 Å². The van der Waals surface area contributed by atoms with Gasteiger partial charge in [0, 0.05) is 153 Å². The van der Waals surface area contributed by atoms with Crippen LogP contribution in [0.15, 0.2) is 246 Å². The third-order valence-corrected chi connectivity index (χ3v) is 18.1. The first-order chi connectivity index (χ1) is 64.6. The SMILES string of the molecule is CC(C)Cc1ccccn1.CC(C)Cc1cccnc1.CC(C)Cc1cccnn1.CC(C)Cc1ccncc1.CC(C)Cc1ccncn1.CC(C)Cc1cncc(F)c1.CC(C)Cc1cnccn1.CC(C)Cc1ncccc1F.CC(C)Cc1ncccn1.Cc1cccc(CC(C)C)n1.Cc1cnc(CC(C)C)cn1.Cc1cncc(CC(C)C)n1.Cc1ncccc1CC(C)C. The third kappa shape index (κ3) is 71.9. The Kier molecular flexibility index (Phi) is 68.0. The number of aromatic nitrogens is 19. The third-order valence-electron chi connectivity index (χ3n) is 18.1. The summed E-state index contributed by atoms with van der Waals surface area (Å²) >= 11 is 0. The van der Waals surface area contributed by atoms with E-state index in [1.165, 1.54) is 52.1 Å². The Labute approximate surface area is 820 Å². The summed E-state index contributed by atoms with van der Waals surface area (Å²) in [5.74, 6) is 9.06. The molecule has 0 saturated heterocycles. The minimum absolute atomic E-state index is 0.193. The Morgan fingerprint density at radius 1 is 0.235 bits per heavy atom. The summed E-state index contributed by atoms with van der Waals surface area (Å²) in [6.45, 7) is 64.6. The van der Waals surface area contributed by atoms with Crippen LogP contribution in [0.3, 0.4) is 0 Å². The molecule has 13 aromatic heterocycles. The van der Waals surface area contributed by atoms with Gasteiger partial charge in [0.1, 0.15) is 23.8 Å². The molecule has 0 aromatic carbocycles. The molecule has 0 bridgehead atoms. The average Bonchev–Trinajstić information content (AvgIpc) is 0.900. The van der Waals surface area contributed by atoms with Crippen LogP contribution >= 0.6 is 0 Å². The topological polar surface area (TPSA) is 245 Å². The Hall–Kier alpha value is -11.6. The molecule has 136 heavy (non-hydrogen) atoms. The molecule has 0 radical (unpaired) electrons. The van der Waals surface area contributed by atoms with Crippen molar-refractivity contribution in [2.24, 2.45) is 76.9 Å². The lowest BCUT2D eigenvalue weighted by Crippen LogP contribution is -1.99. The smallest absolute Gasteiger partial charge is 0.144 e. The van der Waals surface area contributed by atoms with Crippen molar-refractivity contribution in [3.05, 3.63) is 354 Å². The molecule has 0 saturated carbocycles. The first kappa shape index (κ1) is 122. The highest BCUT2D eigenvalue weighted by Gasteiger charge is 2.08. The zero-order valence-electron chi connectivity index (χ0n) is 88.5. The second-order valence-corrected chi connectivity index (χ2v) is 39.4. The van der Waals surface area contributed by atoms with Crippen LogP contribution in [0.4, 0.5) is 8.78 Å². The zero-order valence-corrected chi connectivity index (χ0v) is 88.5. The van der Waals surface area contributed by atoms with Crippen molar-refractivity contribution in [3.63, 3.8) is 0 Å². The summed E-state index contributed by atoms with van der Waals surface area (Å²) in [6.07, 6.45) is 50.2. The molecule has 21 heteroatoms. The summed E-state index contributed by atoms with van der Waals surface area (Å²) in [4.78, 5) is 69.7. The molecule has 0 atom stereocenters. The van der Waals surface area contributed by atoms with Crippen LogP contribution in [0.2, 0.25) is 0 Å². The maximum atomic E-state index is 12.9. The first-order valence-electron chi connectivity index (χ1n) is 48.9. The highest BCUT2D eigenvalue weighted by Crippen LogP contribution is 2.15. The minimum atomic E-state index is -0.247. The molecule has 0 spiro atoms. The van der Waals surface area contributed by atoms with Gasteiger partial charge in [-0.3, -0.25) is 64.8 Å². The molecule has 13 aromatic rings. The molecule has 0 aliphatic carbocycles. The second kappa shape index (κ2) is 75.6. The van der Waals surface area contributed by atoms with Gasteiger partial charge in [-0.2, -0.15) is 10.2 Å². The highest BCUT2D eigenvalue weighted by atomic mass is 19.1. The predicted molar refractivity (Wildman–Crippen MR) is 562 cm³/mol. The lowest BCUT2D eigenvalue weighted by Gasteiger charge is -2.06. The number of nitrogens with zero attached hydrogens (tertiary/aromatic N) is 19. The number of hydrogen-bond donors (Lipinski definition) is 0. The van der Waals surface area contributed by atoms with Crippen LogP contribution in [-0.4, -0.2) is 94.9 Å². The average molecular weight is 1860 g/mol. The van der Waals surface area contributed by atoms with Crippen molar-refractivity contribution in [3.8, 4) is 0 Å². The molecule has 0 fully saturated rings. The number of hydrogen-bond acceptors (Lipinski definition) is 19. The summed E-state index contributed by atoms with van der Waals surface area (Å²) in [7, 11) is 0. The molecule has 738 valence electrons. The molecule has 19 nitrogen and oxygen atoms in total. The Morgan fingerprint density at radius 2 is 0.699 bits per heavy atom. The fraction of sp³-hybridized carbons (Fsp3) is 0.487. The van der Waals surface area contributed by atoms with Gasteiger partial charge >= 0.3 is 0 Å². The molecule has 0 aliphatic heterocycles. The van der Waals surface area contributed by atoms with Crippen molar-refractivity contribution < 1.29 is 8.78 Å². The van der Waals surface area contributed by atoms with E-state index in [-0.39, 0.29) is 11.6 Å². The van der Waals surface area contributed by atoms with Gasteiger partial charge < -0.3 is 0 Å². The van der Waals surface area contributed by atoms with E-state index in [2.05, 4.69) is 310 Å². The molecule has 0 aliphatic rings. The summed E-state index contributed by atoms with van der Waals surface area (Å²) in [5, 5.41) is 7.76. The number of pyridine rings is 7. The van der Waals surface area contributed by atoms with Crippen LogP contribution < -0.4 is 0 Å². The van der Waals surface area contributed by atoms with Gasteiger partial charge in [0.25, 0.3) is 0 Å². The van der Waals surface area contributed by atoms with Crippen LogP contribution in [-0.2, 0) is 83.5 Å². The fourth-order valence-electron chi connectivity index (χ4n) is 12.6. The number of rotatable bonds is 26. The lowest BCUT2D eigenvalue weighted by molar-refractivity contribution is 0.560. The van der Waals surface area contributed by atoms with Gasteiger partial charge in [-0.25, -0.2) is 28.7 Å². The predicted octanol–water partition coefficient (Wildman–Crippen LogP) is 27.5. The highest BCUT2D eigenvalue weighted by molar-refractivity contribution is 5.19. The van der Waals surface area contributed by atoms with Gasteiger partial charge in [0.15, 0.2) is 0 Å². The van der Waals surface area contributed by atoms with Gasteiger partial charge in [-0.15, -0.1) is 0 Å². The van der Waals surface area contributed by atoms with Crippen LogP contribution in [0, 0.1) is 116 Å². The second-order valence-electron chi connectivity index (χ2n) is 39.4. The number of halogens is 2. The van der Waals surface area contributed by atoms with E-state index in [0.717, 1.165) is 152 Å². The molecule has 0 amide bonds. The molecule has 0 N–H and O–H groups in total. The van der Waals surface area contributed by atoms with Crippen molar-refractivity contribution in [2.75, 3.05) is 0 Å².